The number of methoxy groups -OCH3 is 2. The number of nitrogens with zero attached hydrogens (tertiary/aromatic N) is 16. The number of benzene rings is 8. The smallest absolute Gasteiger partial charge is 0.196 e. The summed E-state index contributed by atoms with van der Waals surface area (Å²) >= 11 is 15.0. The van der Waals surface area contributed by atoms with Gasteiger partial charge < -0.3 is 103 Å². The molecule has 9 aliphatic rings. The van der Waals surface area contributed by atoms with E-state index in [0.717, 1.165) is 139 Å². The van der Waals surface area contributed by atoms with E-state index in [1.165, 1.54) is 38.7 Å². The number of aliphatic imine (C=N–C) groups is 16. The van der Waals surface area contributed by atoms with Crippen LogP contribution in [0.4, 0.5) is 0 Å². The molecule has 17 rings (SSSR count). The molecule has 1 aliphatic carbocycles. The third kappa shape index (κ3) is 38.3. The first-order valence-electron chi connectivity index (χ1n) is 46.2. The zero-order chi connectivity index (χ0) is 103. The van der Waals surface area contributed by atoms with Crippen molar-refractivity contribution in [3.8, 4) is 17.2 Å². The van der Waals surface area contributed by atoms with Gasteiger partial charge in [0.1, 0.15) is 104 Å². The predicted octanol–water partition coefficient (Wildman–Crippen LogP) is 14.0. The summed E-state index contributed by atoms with van der Waals surface area (Å²) in [4.78, 5) is 70.4. The van der Waals surface area contributed by atoms with Gasteiger partial charge in [0.15, 0.2) is 53.3 Å². The largest absolute Gasteiger partial charge is 0.496 e. The van der Waals surface area contributed by atoms with Crippen LogP contribution >= 0.6 is 66.1 Å². The molecule has 0 saturated heterocycles. The molecule has 0 bridgehead atoms. The van der Waals surface area contributed by atoms with Gasteiger partial charge >= 0.3 is 0 Å². The van der Waals surface area contributed by atoms with Gasteiger partial charge in [0.25, 0.3) is 0 Å². The first-order chi connectivity index (χ1) is 66.5. The van der Waals surface area contributed by atoms with Crippen LogP contribution in [0.5, 0.6) is 17.2 Å². The van der Waals surface area contributed by atoms with E-state index in [1.54, 1.807) is 14.2 Å². The number of nitrogens with one attached hydrogen (secondary N) is 8. The number of hydrogen-bond acceptors (Lipinski definition) is 35. The summed E-state index contributed by atoms with van der Waals surface area (Å²) in [6.07, 6.45) is 9.98. The number of amidine groups is 8. The molecule has 8 aromatic carbocycles. The highest BCUT2D eigenvalue weighted by Gasteiger charge is 2.37. The maximum atomic E-state index is 5.93. The van der Waals surface area contributed by atoms with Crippen molar-refractivity contribution >= 4 is 160 Å². The minimum Gasteiger partial charge on any atom is -0.496 e. The third-order valence-electron chi connectivity index (χ3n) is 20.9. The number of ether oxygens (including phenoxy) is 3. The molecule has 1 saturated carbocycles. The van der Waals surface area contributed by atoms with Gasteiger partial charge in [-0.3, -0.25) is 0 Å². The Morgan fingerprint density at radius 3 is 0.887 bits per heavy atom. The second kappa shape index (κ2) is 49.7. The monoisotopic (exact) mass is 2170 g/mol. The molecule has 35 nitrogen and oxygen atoms in total. The Balaban J connectivity index is 0.000000166. The fourth-order valence-corrected chi connectivity index (χ4v) is 16.9. The van der Waals surface area contributed by atoms with Crippen molar-refractivity contribution in [2.24, 2.45) is 126 Å². The summed E-state index contributed by atoms with van der Waals surface area (Å²) in [6, 6.07) is 66.3. The standard InChI is InChI=1S/C15H20N4O.C14H20N4O.C13H18N4O.2C12H15BrN4.C12H15ClN4.C12H15IN4.C12H16N4/c1-20-12-7-3-2-6-11(12)10-13-17-14(16)19-15(18-13)8-4-5-9-15;1-4-19-11-7-5-10(6-8-11)9-12-16-13(15)18-14(2,3)17-12;1-13(2)16-11(15-12(14)17-13)8-9-6-4-5-7-10(9)18-3;1-12(2)16-10(15-11(14)17-12)7-8-3-5-9(13)6-4-8;1-12(2)16-10(15-11(14)17-12)7-8-4-3-5-9(13)6-8;2*1-12(2)16-10(15-11(14)17-12)7-8-3-5-9(13)6-4-8;1-12(2)15-10(14-11(13)16-12)8-9-6-4-3-5-7-9/h2-3,6-7H,4-5,8-10H2,1H3,(H3,16,17,18,19);5-8H,4,9H2,1-3H3,(H3,15,16,17,18);4-7H,8H2,1-3H3,(H3,14,15,16,17);4*3-6H,7H2,1-2H3,(H3,14,15,16,17);3-7H,8H2,1-2H3,(H3,13,14,15,16). The highest BCUT2D eigenvalue weighted by molar-refractivity contribution is 14.1. The van der Waals surface area contributed by atoms with E-state index in [0.29, 0.717) is 80.0 Å². The maximum absolute atomic E-state index is 5.93. The number of halogens is 4. The second-order valence-corrected chi connectivity index (χ2v) is 40.7. The summed E-state index contributed by atoms with van der Waals surface area (Å²) in [7, 11) is 3.35. The van der Waals surface area contributed by atoms with Crippen LogP contribution in [0, 0.1) is 3.57 Å². The lowest BCUT2D eigenvalue weighted by atomic mass is 10.1. The van der Waals surface area contributed by atoms with Crippen molar-refractivity contribution in [3.05, 3.63) is 262 Å². The number of nitrogens with two attached hydrogens (primary N) is 8. The lowest BCUT2D eigenvalue weighted by Gasteiger charge is -2.27. The topological polar surface area (TPSA) is 530 Å². The van der Waals surface area contributed by atoms with Crippen LogP contribution in [-0.2, 0) is 51.4 Å². The second-order valence-electron chi connectivity index (χ2n) is 37.2. The molecule has 8 aromatic rings. The molecule has 39 heteroatoms. The van der Waals surface area contributed by atoms with Crippen molar-refractivity contribution in [1.82, 2.24) is 42.5 Å². The van der Waals surface area contributed by atoms with E-state index in [1.807, 2.05) is 243 Å². The Morgan fingerprint density at radius 2 is 0.567 bits per heavy atom. The minimum absolute atomic E-state index is 0.313. The van der Waals surface area contributed by atoms with Crippen molar-refractivity contribution in [1.29, 1.82) is 0 Å². The molecule has 8 aliphatic heterocycles. The molecular formula is C102H134Br2ClIN32O3. The highest BCUT2D eigenvalue weighted by atomic mass is 127. The van der Waals surface area contributed by atoms with Crippen LogP contribution in [0.15, 0.2) is 289 Å². The van der Waals surface area contributed by atoms with E-state index in [9.17, 15) is 0 Å². The molecule has 1 spiro atoms. The first kappa shape index (κ1) is 110. The average Bonchev–Trinajstić information content (AvgIpc) is 1.70. The van der Waals surface area contributed by atoms with Crippen LogP contribution in [0.25, 0.3) is 0 Å². The molecule has 24 N–H and O–H groups in total. The third-order valence-corrected chi connectivity index (χ3v) is 22.9. The Morgan fingerprint density at radius 1 is 0.298 bits per heavy atom. The van der Waals surface area contributed by atoms with E-state index < -0.39 is 39.6 Å². The van der Waals surface area contributed by atoms with E-state index in [2.05, 4.69) is 233 Å². The van der Waals surface area contributed by atoms with Crippen LogP contribution in [-0.4, -0.2) is 160 Å². The molecule has 0 unspecified atom stereocenters. The lowest BCUT2D eigenvalue weighted by molar-refractivity contribution is 0.340. The molecule has 0 radical (unpaired) electrons. The summed E-state index contributed by atoms with van der Waals surface area (Å²) in [5, 5.41) is 24.8. The van der Waals surface area contributed by atoms with E-state index in [4.69, 9.17) is 76.7 Å². The van der Waals surface area contributed by atoms with Crippen LogP contribution in [0.3, 0.4) is 0 Å². The number of para-hydroxylation sites is 2. The Hall–Kier alpha value is -13.3. The SMILES string of the molecule is CC1(C)N=C(N)NC(Cc2ccc(Br)cc2)=N1.CC1(C)N=C(N)NC(Cc2ccc(Cl)cc2)=N1.CC1(C)N=C(N)NC(Cc2ccc(I)cc2)=N1.CC1(C)N=C(N)NC(Cc2cccc(Br)c2)=N1.CC1(C)N=C(N)NC(Cc2ccccc2)=N1.CCOc1ccc(CC2=NC(C)(C)N=C(N)N2)cc1.COc1ccccc1CC1=NC(C)(C)N=C(N)N1.COc1ccccc1CC1=NC2(CCCC2)N=C(N)N1. The molecule has 0 amide bonds. The van der Waals surface area contributed by atoms with Crippen LogP contribution in [0.1, 0.15) is 174 Å². The molecule has 0 atom stereocenters. The Bertz CT molecular complexity index is 5930. The van der Waals surface area contributed by atoms with Crippen LogP contribution < -0.4 is 103 Å². The lowest BCUT2D eigenvalue weighted by Crippen LogP contribution is -2.45. The molecule has 1 fully saturated rings. The zero-order valence-electron chi connectivity index (χ0n) is 83.3. The van der Waals surface area contributed by atoms with Crippen molar-refractivity contribution in [2.45, 2.75) is 226 Å². The van der Waals surface area contributed by atoms with Crippen molar-refractivity contribution < 1.29 is 14.2 Å². The molecule has 0 aromatic heterocycles. The normalized spacial score (nSPS) is 18.2. The van der Waals surface area contributed by atoms with E-state index in [-0.39, 0.29) is 5.66 Å². The molecular weight excluding hydrogens is 2040 g/mol. The number of hydrogen-bond donors (Lipinski definition) is 16. The molecule has 748 valence electrons. The van der Waals surface area contributed by atoms with Gasteiger partial charge in [-0.2, -0.15) is 0 Å². The summed E-state index contributed by atoms with van der Waals surface area (Å²) < 4.78 is 19.5. The zero-order valence-corrected chi connectivity index (χ0v) is 89.3. The van der Waals surface area contributed by atoms with Gasteiger partial charge in [0.05, 0.1) is 20.8 Å². The quantitative estimate of drug-likeness (QED) is 0.0315. The maximum Gasteiger partial charge on any atom is 0.196 e. The van der Waals surface area contributed by atoms with E-state index >= 15 is 0 Å². The van der Waals surface area contributed by atoms with Gasteiger partial charge in [-0.25, -0.2) is 79.9 Å². The number of guanidine groups is 8. The summed E-state index contributed by atoms with van der Waals surface area (Å²) in [5.74, 6) is 12.8. The van der Waals surface area contributed by atoms with Crippen molar-refractivity contribution in [3.63, 3.8) is 0 Å². The fourth-order valence-electron chi connectivity index (χ4n) is 15.7. The fraction of sp³-hybridized carbons (Fsp3) is 0.373. The predicted molar refractivity (Wildman–Crippen MR) is 596 cm³/mol. The van der Waals surface area contributed by atoms with Gasteiger partial charge in [-0.1, -0.05) is 171 Å². The van der Waals surface area contributed by atoms with Crippen LogP contribution in [0.2, 0.25) is 5.02 Å². The van der Waals surface area contributed by atoms with Crippen molar-refractivity contribution in [2.75, 3.05) is 20.8 Å². The Kier molecular flexibility index (Phi) is 38.6. The highest BCUT2D eigenvalue weighted by Crippen LogP contribution is 2.37. The first-order valence-corrected chi connectivity index (χ1v) is 49.2. The van der Waals surface area contributed by atoms with Gasteiger partial charge in [0.2, 0.25) is 0 Å². The summed E-state index contributed by atoms with van der Waals surface area (Å²) in [5.41, 5.74) is 51.6. The van der Waals surface area contributed by atoms with Gasteiger partial charge in [-0.15, -0.1) is 0 Å². The molecule has 8 heterocycles. The average molecular weight is 2180 g/mol. The summed E-state index contributed by atoms with van der Waals surface area (Å²) in [6.45, 7) is 29.7. The number of rotatable bonds is 20. The van der Waals surface area contributed by atoms with Gasteiger partial charge in [-0.05, 0) is 258 Å². The Labute approximate surface area is 863 Å². The minimum atomic E-state index is -0.507. The van der Waals surface area contributed by atoms with Gasteiger partial charge in [0, 0.05) is 80.0 Å². The molecule has 141 heavy (non-hydrogen) atoms.